The minimum atomic E-state index is -0.906. The summed E-state index contributed by atoms with van der Waals surface area (Å²) < 4.78 is 20.1. The monoisotopic (exact) mass is 305 g/mol. The zero-order valence-electron chi connectivity index (χ0n) is 13.3. The van der Waals surface area contributed by atoms with Crippen molar-refractivity contribution in [3.8, 4) is 6.07 Å². The van der Waals surface area contributed by atoms with Crippen LogP contribution in [-0.2, 0) is 23.7 Å². The molecule has 21 heavy (non-hydrogen) atoms. The van der Waals surface area contributed by atoms with Crippen molar-refractivity contribution >= 4 is 5.97 Å². The summed E-state index contributed by atoms with van der Waals surface area (Å²) >= 11 is 0. The van der Waals surface area contributed by atoms with Crippen LogP contribution < -0.4 is 0 Å². The Hall–Kier alpha value is -1.20. The predicted octanol–water partition coefficient (Wildman–Crippen LogP) is 2.16. The fourth-order valence-electron chi connectivity index (χ4n) is 1.29. The number of nitriles is 1. The van der Waals surface area contributed by atoms with Gasteiger partial charge in [0.05, 0.1) is 18.9 Å². The largest absolute Gasteiger partial charge is 0.481 e. The minimum Gasteiger partial charge on any atom is -0.481 e. The van der Waals surface area contributed by atoms with Gasteiger partial charge in [-0.2, -0.15) is 5.26 Å². The third kappa shape index (κ3) is 16.7. The molecule has 0 bridgehead atoms. The highest BCUT2D eigenvalue weighted by Crippen LogP contribution is 2.00. The highest BCUT2D eigenvalue weighted by Gasteiger charge is 2.11. The van der Waals surface area contributed by atoms with Gasteiger partial charge in [0.15, 0.2) is 12.6 Å². The summed E-state index contributed by atoms with van der Waals surface area (Å²) in [5.74, 6) is -0.906. The number of ether oxygens (including phenoxy) is 4. The van der Waals surface area contributed by atoms with E-state index in [1.165, 1.54) is 0 Å². The Morgan fingerprint density at radius 1 is 0.952 bits per heavy atom. The molecule has 0 saturated heterocycles. The van der Waals surface area contributed by atoms with Gasteiger partial charge in [0.2, 0.25) is 0 Å². The molecule has 7 heteroatoms. The van der Waals surface area contributed by atoms with Gasteiger partial charge < -0.3 is 24.1 Å². The molecule has 0 heterocycles. The van der Waals surface area contributed by atoms with Crippen LogP contribution >= 0.6 is 0 Å². The van der Waals surface area contributed by atoms with Gasteiger partial charge in [-0.3, -0.25) is 4.79 Å². The van der Waals surface area contributed by atoms with Gasteiger partial charge in [-0.05, 0) is 27.7 Å². The third-order valence-corrected chi connectivity index (χ3v) is 2.01. The molecule has 0 atom stereocenters. The molecule has 7 nitrogen and oxygen atoms in total. The summed E-state index contributed by atoms with van der Waals surface area (Å²) in [6, 6.07) is 1.99. The van der Waals surface area contributed by atoms with Crippen molar-refractivity contribution in [3.05, 3.63) is 0 Å². The molecule has 0 unspecified atom stereocenters. The van der Waals surface area contributed by atoms with E-state index in [1.807, 2.05) is 19.9 Å². The number of rotatable bonds is 11. The summed E-state index contributed by atoms with van der Waals surface area (Å²) in [4.78, 5) is 10.2. The molecule has 0 aromatic rings. The first kappa shape index (κ1) is 22.1. The van der Waals surface area contributed by atoms with E-state index in [2.05, 4.69) is 0 Å². The van der Waals surface area contributed by atoms with E-state index in [0.717, 1.165) is 0 Å². The van der Waals surface area contributed by atoms with Crippen LogP contribution in [0.2, 0.25) is 0 Å². The quantitative estimate of drug-likeness (QED) is 0.584. The van der Waals surface area contributed by atoms with Crippen molar-refractivity contribution in [1.82, 2.24) is 0 Å². The topological polar surface area (TPSA) is 98.0 Å². The smallest absolute Gasteiger partial charge is 0.308 e. The van der Waals surface area contributed by atoms with Gasteiger partial charge >= 0.3 is 5.97 Å². The first-order valence-electron chi connectivity index (χ1n) is 7.10. The number of carbonyl (C=O) groups is 1. The molecule has 0 aliphatic rings. The minimum absolute atomic E-state index is 0.0956. The van der Waals surface area contributed by atoms with Crippen molar-refractivity contribution in [1.29, 1.82) is 5.26 Å². The zero-order chi connectivity index (χ0) is 16.5. The Morgan fingerprint density at radius 2 is 1.33 bits per heavy atom. The normalized spacial score (nSPS) is 10.1. The van der Waals surface area contributed by atoms with Gasteiger partial charge in [-0.25, -0.2) is 0 Å². The second-order valence-electron chi connectivity index (χ2n) is 3.64. The SMILES string of the molecule is CCOC(CC#N)OCC.CCOC(CC(=O)O)OCC. The molecule has 1 N–H and O–H groups in total. The molecule has 0 aliphatic heterocycles. The average Bonchev–Trinajstić information content (AvgIpc) is 2.40. The van der Waals surface area contributed by atoms with Crippen LogP contribution in [0.4, 0.5) is 0 Å². The van der Waals surface area contributed by atoms with Crippen LogP contribution in [0.1, 0.15) is 40.5 Å². The van der Waals surface area contributed by atoms with Crippen molar-refractivity contribution in [2.24, 2.45) is 0 Å². The lowest BCUT2D eigenvalue weighted by Gasteiger charge is -2.13. The second kappa shape index (κ2) is 16.9. The summed E-state index contributed by atoms with van der Waals surface area (Å²) in [5, 5.41) is 16.7. The van der Waals surface area contributed by atoms with Crippen molar-refractivity contribution in [2.75, 3.05) is 26.4 Å². The Kier molecular flexibility index (Phi) is 17.7. The number of nitrogens with zero attached hydrogens (tertiary/aromatic N) is 1. The average molecular weight is 305 g/mol. The number of carboxylic acids is 1. The fourth-order valence-corrected chi connectivity index (χ4v) is 1.29. The molecule has 0 aromatic heterocycles. The standard InChI is InChI=1S/C7H13NO2.C7H14O4/c1-3-9-7(5-6-8)10-4-2;1-3-10-7(11-4-2)5-6(8)9/h7H,3-5H2,1-2H3;7H,3-5H2,1-2H3,(H,8,9). The van der Waals surface area contributed by atoms with Crippen LogP contribution in [0.25, 0.3) is 0 Å². The molecular weight excluding hydrogens is 278 g/mol. The van der Waals surface area contributed by atoms with Crippen LogP contribution in [-0.4, -0.2) is 50.1 Å². The van der Waals surface area contributed by atoms with Gasteiger partial charge in [0.25, 0.3) is 0 Å². The van der Waals surface area contributed by atoms with E-state index in [1.54, 1.807) is 13.8 Å². The maximum atomic E-state index is 10.2. The van der Waals surface area contributed by atoms with Crippen molar-refractivity contribution < 1.29 is 28.8 Å². The second-order valence-corrected chi connectivity index (χ2v) is 3.64. The van der Waals surface area contributed by atoms with Gasteiger partial charge in [0, 0.05) is 26.4 Å². The summed E-state index contributed by atoms with van der Waals surface area (Å²) in [6.07, 6.45) is -0.717. The van der Waals surface area contributed by atoms with E-state index < -0.39 is 12.3 Å². The maximum absolute atomic E-state index is 10.2. The molecule has 0 amide bonds. The summed E-state index contributed by atoms with van der Waals surface area (Å²) in [5.41, 5.74) is 0. The lowest BCUT2D eigenvalue weighted by molar-refractivity contribution is -0.163. The van der Waals surface area contributed by atoms with Crippen LogP contribution in [0.3, 0.4) is 0 Å². The predicted molar refractivity (Wildman–Crippen MR) is 76.6 cm³/mol. The van der Waals surface area contributed by atoms with E-state index in [9.17, 15) is 4.79 Å². The Balaban J connectivity index is 0. The molecule has 0 aliphatic carbocycles. The van der Waals surface area contributed by atoms with E-state index in [-0.39, 0.29) is 12.7 Å². The lowest BCUT2D eigenvalue weighted by Crippen LogP contribution is -2.21. The molecule has 0 aromatic carbocycles. The number of carboxylic acid groups (broad SMARTS) is 1. The highest BCUT2D eigenvalue weighted by molar-refractivity contribution is 5.67. The van der Waals surface area contributed by atoms with Crippen LogP contribution in [0, 0.1) is 11.3 Å². The maximum Gasteiger partial charge on any atom is 0.308 e. The van der Waals surface area contributed by atoms with E-state index in [0.29, 0.717) is 32.8 Å². The highest BCUT2D eigenvalue weighted by atomic mass is 16.7. The molecule has 0 saturated carbocycles. The van der Waals surface area contributed by atoms with Gasteiger partial charge in [-0.1, -0.05) is 0 Å². The summed E-state index contributed by atoms with van der Waals surface area (Å²) in [7, 11) is 0. The molecule has 124 valence electrons. The zero-order valence-corrected chi connectivity index (χ0v) is 13.3. The van der Waals surface area contributed by atoms with Crippen molar-refractivity contribution in [2.45, 2.75) is 53.1 Å². The van der Waals surface area contributed by atoms with E-state index in [4.69, 9.17) is 29.3 Å². The van der Waals surface area contributed by atoms with Crippen LogP contribution in [0.15, 0.2) is 0 Å². The number of aliphatic carboxylic acids is 1. The molecule has 0 radical (unpaired) electrons. The Bertz CT molecular complexity index is 267. The third-order valence-electron chi connectivity index (χ3n) is 2.01. The molecule has 0 fully saturated rings. The molecule has 0 spiro atoms. The molecular formula is C14H27NO6. The van der Waals surface area contributed by atoms with Crippen LogP contribution in [0.5, 0.6) is 0 Å². The van der Waals surface area contributed by atoms with Gasteiger partial charge in [0.1, 0.15) is 0 Å². The number of hydrogen-bond acceptors (Lipinski definition) is 6. The first-order valence-corrected chi connectivity index (χ1v) is 7.10. The van der Waals surface area contributed by atoms with Crippen molar-refractivity contribution in [3.63, 3.8) is 0 Å². The van der Waals surface area contributed by atoms with Gasteiger partial charge in [-0.15, -0.1) is 0 Å². The fraction of sp³-hybridized carbons (Fsp3) is 0.857. The Morgan fingerprint density at radius 3 is 1.62 bits per heavy atom. The number of hydrogen-bond donors (Lipinski definition) is 1. The summed E-state index contributed by atoms with van der Waals surface area (Å²) in [6.45, 7) is 9.48. The van der Waals surface area contributed by atoms with E-state index >= 15 is 0 Å². The first-order chi connectivity index (χ1) is 10.0. The molecule has 0 rings (SSSR count). The Labute approximate surface area is 126 Å². The lowest BCUT2D eigenvalue weighted by atomic mass is 10.4.